The number of carbonyl (C=O) groups excluding carboxylic acids is 2. The molecule has 2 rings (SSSR count). The van der Waals surface area contributed by atoms with Gasteiger partial charge in [-0.25, -0.2) is 0 Å². The minimum Gasteiger partial charge on any atom is -0.465 e. The molecule has 3 nitrogen and oxygen atoms in total. The summed E-state index contributed by atoms with van der Waals surface area (Å²) in [6.45, 7) is 2.18. The molecule has 0 N–H and O–H groups in total. The van der Waals surface area contributed by atoms with Crippen molar-refractivity contribution in [2.75, 3.05) is 12.9 Å². The molecule has 1 atom stereocenters. The molecule has 0 amide bonds. The smallest absolute Gasteiger partial charge is 0.324 e. The van der Waals surface area contributed by atoms with Crippen molar-refractivity contribution in [1.82, 2.24) is 0 Å². The molecule has 0 aromatic rings. The van der Waals surface area contributed by atoms with Crippen LogP contribution in [0.4, 0.5) is 0 Å². The third kappa shape index (κ3) is 2.52. The summed E-state index contributed by atoms with van der Waals surface area (Å²) in [7, 11) is 0. The molecule has 1 unspecified atom stereocenters. The maximum absolute atomic E-state index is 12.1. The Morgan fingerprint density at radius 1 is 1.61 bits per heavy atom. The first-order valence-corrected chi connectivity index (χ1v) is 8.14. The van der Waals surface area contributed by atoms with E-state index in [2.05, 4.69) is 0 Å². The first-order valence-electron chi connectivity index (χ1n) is 6.04. The van der Waals surface area contributed by atoms with Crippen molar-refractivity contribution in [1.29, 1.82) is 0 Å². The quantitative estimate of drug-likeness (QED) is 0.746. The number of rotatable bonds is 3. The van der Waals surface area contributed by atoms with Crippen LogP contribution in [0.5, 0.6) is 0 Å². The third-order valence-electron chi connectivity index (χ3n) is 2.94. The van der Waals surface area contributed by atoms with Gasteiger partial charge in [-0.05, 0) is 31.6 Å². The molecule has 2 aliphatic rings. The highest BCUT2D eigenvalue weighted by Gasteiger charge is 2.39. The maximum Gasteiger partial charge on any atom is 0.324 e. The average molecular weight is 284 g/mol. The number of thioether (sulfide) groups is 2. The van der Waals surface area contributed by atoms with E-state index in [9.17, 15) is 9.59 Å². The number of allylic oxidation sites excluding steroid dienone is 2. The number of hydrogen-bond donors (Lipinski definition) is 0. The number of carbonyl (C=O) groups is 2. The molecule has 1 heterocycles. The van der Waals surface area contributed by atoms with Crippen molar-refractivity contribution < 1.29 is 14.3 Å². The Hall–Kier alpha value is -0.680. The van der Waals surface area contributed by atoms with Crippen molar-refractivity contribution in [2.45, 2.75) is 31.4 Å². The van der Waals surface area contributed by atoms with Crippen LogP contribution in [0.15, 0.2) is 21.5 Å². The molecule has 1 aliphatic carbocycles. The highest BCUT2D eigenvalue weighted by atomic mass is 32.2. The fourth-order valence-electron chi connectivity index (χ4n) is 2.15. The van der Waals surface area contributed by atoms with Crippen LogP contribution in [0.2, 0.25) is 0 Å². The normalized spacial score (nSPS) is 23.6. The Morgan fingerprint density at radius 2 is 2.39 bits per heavy atom. The molecule has 5 heteroatoms. The molecule has 0 aromatic carbocycles. The van der Waals surface area contributed by atoms with Gasteiger partial charge in [0.2, 0.25) is 0 Å². The predicted molar refractivity (Wildman–Crippen MR) is 75.5 cm³/mol. The van der Waals surface area contributed by atoms with Gasteiger partial charge in [0.05, 0.1) is 10.8 Å². The number of hydrogen-bond acceptors (Lipinski definition) is 5. The van der Waals surface area contributed by atoms with Crippen LogP contribution in [0.3, 0.4) is 0 Å². The summed E-state index contributed by atoms with van der Waals surface area (Å²) < 4.78 is 6.06. The van der Waals surface area contributed by atoms with Gasteiger partial charge in [-0.1, -0.05) is 17.8 Å². The number of ketones is 1. The summed E-state index contributed by atoms with van der Waals surface area (Å²) in [6, 6.07) is 0. The number of esters is 1. The first-order chi connectivity index (χ1) is 8.69. The maximum atomic E-state index is 12.1. The van der Waals surface area contributed by atoms with Gasteiger partial charge in [0.1, 0.15) is 5.25 Å². The summed E-state index contributed by atoms with van der Waals surface area (Å²) in [5, 5.41) is -0.343. The standard InChI is InChI=1S/C13H16O3S2/c1-3-16-12(15)11-8-6-4-5-7-9(14)10(8)13(17-2)18-11/h6,11H,3-5,7H2,1-2H3. The van der Waals surface area contributed by atoms with E-state index in [0.717, 1.165) is 28.2 Å². The van der Waals surface area contributed by atoms with E-state index in [1.54, 1.807) is 18.7 Å². The van der Waals surface area contributed by atoms with Gasteiger partial charge in [-0.2, -0.15) is 0 Å². The minimum atomic E-state index is -0.343. The summed E-state index contributed by atoms with van der Waals surface area (Å²) in [4.78, 5) is 24.1. The molecule has 1 aliphatic heterocycles. The van der Waals surface area contributed by atoms with Crippen LogP contribution in [0.1, 0.15) is 26.2 Å². The Morgan fingerprint density at radius 3 is 3.06 bits per heavy atom. The zero-order chi connectivity index (χ0) is 13.1. The highest BCUT2D eigenvalue weighted by Crippen LogP contribution is 2.48. The lowest BCUT2D eigenvalue weighted by molar-refractivity contribution is -0.141. The van der Waals surface area contributed by atoms with Gasteiger partial charge >= 0.3 is 5.97 Å². The van der Waals surface area contributed by atoms with E-state index in [1.165, 1.54) is 11.8 Å². The SMILES string of the molecule is CCOC(=O)C1SC(SC)=C2C(=O)CCCC=C21. The van der Waals surface area contributed by atoms with Gasteiger partial charge < -0.3 is 4.74 Å². The second kappa shape index (κ2) is 5.97. The van der Waals surface area contributed by atoms with Crippen LogP contribution >= 0.6 is 23.5 Å². The number of Topliss-reactive ketones (excluding diaryl/α,β-unsaturated/α-hetero) is 1. The summed E-state index contributed by atoms with van der Waals surface area (Å²) in [5.74, 6) is -0.0626. The van der Waals surface area contributed by atoms with Crippen molar-refractivity contribution in [3.63, 3.8) is 0 Å². The molecular formula is C13H16O3S2. The van der Waals surface area contributed by atoms with Crippen LogP contribution in [0, 0.1) is 0 Å². The molecule has 0 spiro atoms. The number of fused-ring (bicyclic) bond motifs is 1. The summed E-state index contributed by atoms with van der Waals surface area (Å²) >= 11 is 3.00. The predicted octanol–water partition coefficient (Wildman–Crippen LogP) is 2.92. The summed E-state index contributed by atoms with van der Waals surface area (Å²) in [6.07, 6.45) is 6.29. The van der Waals surface area contributed by atoms with E-state index in [1.807, 2.05) is 12.3 Å². The van der Waals surface area contributed by atoms with Crippen molar-refractivity contribution in [3.8, 4) is 0 Å². The second-order valence-electron chi connectivity index (χ2n) is 4.09. The van der Waals surface area contributed by atoms with Crippen LogP contribution in [-0.4, -0.2) is 29.9 Å². The molecule has 18 heavy (non-hydrogen) atoms. The zero-order valence-corrected chi connectivity index (χ0v) is 12.2. The van der Waals surface area contributed by atoms with Gasteiger partial charge in [-0.15, -0.1) is 11.8 Å². The average Bonchev–Trinajstić information content (AvgIpc) is 2.63. The van der Waals surface area contributed by atoms with Gasteiger partial charge in [0, 0.05) is 12.0 Å². The molecule has 0 saturated carbocycles. The van der Waals surface area contributed by atoms with Gasteiger partial charge in [-0.3, -0.25) is 9.59 Å². The molecule has 98 valence electrons. The monoisotopic (exact) mass is 284 g/mol. The lowest BCUT2D eigenvalue weighted by atomic mass is 10.0. The molecular weight excluding hydrogens is 268 g/mol. The van der Waals surface area contributed by atoms with Crippen LogP contribution < -0.4 is 0 Å². The Labute approximate surface area is 115 Å². The van der Waals surface area contributed by atoms with Crippen LogP contribution in [-0.2, 0) is 14.3 Å². The van der Waals surface area contributed by atoms with Crippen molar-refractivity contribution >= 4 is 35.3 Å². The number of ether oxygens (including phenoxy) is 1. The van der Waals surface area contributed by atoms with E-state index in [0.29, 0.717) is 13.0 Å². The Balaban J connectivity index is 2.33. The van der Waals surface area contributed by atoms with E-state index >= 15 is 0 Å². The van der Waals surface area contributed by atoms with Gasteiger partial charge in [0.25, 0.3) is 0 Å². The van der Waals surface area contributed by atoms with Crippen molar-refractivity contribution in [2.24, 2.45) is 0 Å². The lowest BCUT2D eigenvalue weighted by Gasteiger charge is -2.11. The molecule has 0 radical (unpaired) electrons. The third-order valence-corrected chi connectivity index (χ3v) is 5.40. The first kappa shape index (κ1) is 13.7. The Bertz CT molecular complexity index is 438. The van der Waals surface area contributed by atoms with Crippen molar-refractivity contribution in [3.05, 3.63) is 21.5 Å². The molecule has 0 saturated heterocycles. The molecule has 0 fully saturated rings. The fourth-order valence-corrected chi connectivity index (χ4v) is 4.33. The second-order valence-corrected chi connectivity index (χ2v) is 6.28. The molecule has 0 bridgehead atoms. The summed E-state index contributed by atoms with van der Waals surface area (Å²) in [5.41, 5.74) is 1.65. The fraction of sp³-hybridized carbons (Fsp3) is 0.538. The van der Waals surface area contributed by atoms with E-state index in [-0.39, 0.29) is 17.0 Å². The van der Waals surface area contributed by atoms with E-state index in [4.69, 9.17) is 4.74 Å². The highest BCUT2D eigenvalue weighted by molar-refractivity contribution is 8.23. The zero-order valence-electron chi connectivity index (χ0n) is 10.5. The largest absolute Gasteiger partial charge is 0.465 e. The Kier molecular flexibility index (Phi) is 4.56. The lowest BCUT2D eigenvalue weighted by Crippen LogP contribution is -2.21. The van der Waals surface area contributed by atoms with E-state index < -0.39 is 0 Å². The topological polar surface area (TPSA) is 43.4 Å². The minimum absolute atomic E-state index is 0.169. The van der Waals surface area contributed by atoms with Gasteiger partial charge in [0.15, 0.2) is 5.78 Å². The molecule has 0 aromatic heterocycles. The van der Waals surface area contributed by atoms with Crippen LogP contribution in [0.25, 0.3) is 0 Å².